The van der Waals surface area contributed by atoms with E-state index in [4.69, 9.17) is 11.6 Å². The van der Waals surface area contributed by atoms with Crippen LogP contribution in [-0.4, -0.2) is 6.04 Å². The fraction of sp³-hybridized carbons (Fsp3) is 0.333. The van der Waals surface area contributed by atoms with Gasteiger partial charge in [-0.3, -0.25) is 0 Å². The normalized spacial score (nSPS) is 14.0. The van der Waals surface area contributed by atoms with Crippen LogP contribution in [0.15, 0.2) is 48.5 Å². The van der Waals surface area contributed by atoms with E-state index in [1.54, 1.807) is 0 Å². The van der Waals surface area contributed by atoms with Crippen LogP contribution in [0.4, 0.5) is 0 Å². The fourth-order valence-electron chi connectivity index (χ4n) is 2.52. The minimum absolute atomic E-state index is 0.340. The Balaban J connectivity index is 1.98. The smallest absolute Gasteiger partial charge is 0.0438 e. The van der Waals surface area contributed by atoms with Gasteiger partial charge in [0.2, 0.25) is 0 Å². The Kier molecular flexibility index (Phi) is 5.22. The first-order chi connectivity index (χ1) is 9.56. The molecule has 106 valence electrons. The van der Waals surface area contributed by atoms with Crippen molar-refractivity contribution in [1.82, 2.24) is 5.32 Å². The highest BCUT2D eigenvalue weighted by Crippen LogP contribution is 2.19. The largest absolute Gasteiger partial charge is 0.307 e. The third-order valence-corrected chi connectivity index (χ3v) is 3.93. The van der Waals surface area contributed by atoms with Crippen LogP contribution in [0.2, 0.25) is 5.02 Å². The topological polar surface area (TPSA) is 12.0 Å². The quantitative estimate of drug-likeness (QED) is 0.822. The van der Waals surface area contributed by atoms with Gasteiger partial charge in [-0.25, -0.2) is 0 Å². The predicted molar refractivity (Wildman–Crippen MR) is 87.3 cm³/mol. The summed E-state index contributed by atoms with van der Waals surface area (Å²) in [5, 5.41) is 4.49. The Labute approximate surface area is 127 Å². The van der Waals surface area contributed by atoms with Gasteiger partial charge in [0.1, 0.15) is 0 Å². The molecule has 2 heteroatoms. The second-order valence-electron chi connectivity index (χ2n) is 5.50. The number of rotatable bonds is 5. The number of nitrogens with one attached hydrogen (secondary N) is 1. The predicted octanol–water partition coefficient (Wildman–Crippen LogP) is 4.93. The highest BCUT2D eigenvalue weighted by Gasteiger charge is 2.11. The lowest BCUT2D eigenvalue weighted by Gasteiger charge is -2.21. The zero-order valence-electron chi connectivity index (χ0n) is 12.4. The van der Waals surface area contributed by atoms with E-state index in [2.05, 4.69) is 56.4 Å². The molecule has 0 saturated heterocycles. The average Bonchev–Trinajstić information content (AvgIpc) is 2.41. The maximum Gasteiger partial charge on any atom is 0.0438 e. The minimum Gasteiger partial charge on any atom is -0.307 e. The molecule has 0 heterocycles. The van der Waals surface area contributed by atoms with E-state index < -0.39 is 0 Å². The molecule has 2 rings (SSSR count). The van der Waals surface area contributed by atoms with E-state index in [1.165, 1.54) is 16.7 Å². The van der Waals surface area contributed by atoms with Crippen LogP contribution in [0.5, 0.6) is 0 Å². The van der Waals surface area contributed by atoms with Crippen molar-refractivity contribution in [3.05, 3.63) is 70.2 Å². The Hall–Kier alpha value is -1.31. The van der Waals surface area contributed by atoms with Crippen LogP contribution in [0, 0.1) is 6.92 Å². The van der Waals surface area contributed by atoms with Crippen molar-refractivity contribution in [2.45, 2.75) is 39.3 Å². The summed E-state index contributed by atoms with van der Waals surface area (Å²) in [7, 11) is 0. The van der Waals surface area contributed by atoms with Gasteiger partial charge in [0, 0.05) is 17.1 Å². The molecule has 2 unspecified atom stereocenters. The summed E-state index contributed by atoms with van der Waals surface area (Å²) in [6.45, 7) is 6.54. The van der Waals surface area contributed by atoms with Gasteiger partial charge in [-0.2, -0.15) is 0 Å². The fourth-order valence-corrected chi connectivity index (χ4v) is 2.73. The minimum atomic E-state index is 0.340. The molecule has 0 radical (unpaired) electrons. The second kappa shape index (κ2) is 6.92. The first kappa shape index (κ1) is 15.1. The zero-order chi connectivity index (χ0) is 14.5. The number of halogens is 1. The molecule has 1 N–H and O–H groups in total. The first-order valence-electron chi connectivity index (χ1n) is 7.12. The van der Waals surface area contributed by atoms with Gasteiger partial charge in [-0.1, -0.05) is 59.6 Å². The molecule has 2 aromatic rings. The van der Waals surface area contributed by atoms with E-state index in [-0.39, 0.29) is 0 Å². The van der Waals surface area contributed by atoms with Gasteiger partial charge in [0.05, 0.1) is 0 Å². The molecule has 0 spiro atoms. The maximum atomic E-state index is 6.21. The summed E-state index contributed by atoms with van der Waals surface area (Å²) in [5.41, 5.74) is 3.83. The van der Waals surface area contributed by atoms with Crippen LogP contribution in [0.1, 0.15) is 36.6 Å². The molecule has 0 aliphatic carbocycles. The Morgan fingerprint density at radius 2 is 1.80 bits per heavy atom. The third-order valence-electron chi connectivity index (χ3n) is 3.56. The van der Waals surface area contributed by atoms with Gasteiger partial charge < -0.3 is 5.32 Å². The summed E-state index contributed by atoms with van der Waals surface area (Å²) in [6.07, 6.45) is 0.940. The van der Waals surface area contributed by atoms with Gasteiger partial charge in [-0.05, 0) is 44.4 Å². The number of hydrogen-bond acceptors (Lipinski definition) is 1. The highest BCUT2D eigenvalue weighted by atomic mass is 35.5. The zero-order valence-corrected chi connectivity index (χ0v) is 13.1. The molecule has 0 fully saturated rings. The highest BCUT2D eigenvalue weighted by molar-refractivity contribution is 6.31. The van der Waals surface area contributed by atoms with E-state index in [0.29, 0.717) is 12.1 Å². The van der Waals surface area contributed by atoms with Crippen molar-refractivity contribution in [3.63, 3.8) is 0 Å². The maximum absolute atomic E-state index is 6.21. The lowest BCUT2D eigenvalue weighted by molar-refractivity contribution is 0.477. The standard InChI is InChI=1S/C18H22ClN/c1-13-7-6-9-16(11-13)15(3)20-14(2)12-17-8-4-5-10-18(17)19/h4-11,14-15,20H,12H2,1-3H3. The third kappa shape index (κ3) is 4.09. The molecule has 2 aromatic carbocycles. The van der Waals surface area contributed by atoms with E-state index in [9.17, 15) is 0 Å². The Bertz CT molecular complexity index is 565. The van der Waals surface area contributed by atoms with Crippen LogP contribution >= 0.6 is 11.6 Å². The van der Waals surface area contributed by atoms with Crippen molar-refractivity contribution in [1.29, 1.82) is 0 Å². The van der Waals surface area contributed by atoms with Crippen molar-refractivity contribution in [2.75, 3.05) is 0 Å². The average molecular weight is 288 g/mol. The summed E-state index contributed by atoms with van der Waals surface area (Å²) in [4.78, 5) is 0. The van der Waals surface area contributed by atoms with Gasteiger partial charge in [0.25, 0.3) is 0 Å². The van der Waals surface area contributed by atoms with Crippen molar-refractivity contribution >= 4 is 11.6 Å². The van der Waals surface area contributed by atoms with Crippen molar-refractivity contribution < 1.29 is 0 Å². The molecule has 20 heavy (non-hydrogen) atoms. The number of benzene rings is 2. The lowest BCUT2D eigenvalue weighted by Crippen LogP contribution is -2.30. The Morgan fingerprint density at radius 1 is 1.05 bits per heavy atom. The van der Waals surface area contributed by atoms with E-state index in [1.807, 2.05) is 18.2 Å². The van der Waals surface area contributed by atoms with E-state index in [0.717, 1.165) is 11.4 Å². The molecular weight excluding hydrogens is 266 g/mol. The molecular formula is C18H22ClN. The first-order valence-corrected chi connectivity index (χ1v) is 7.50. The van der Waals surface area contributed by atoms with Crippen LogP contribution in [0.25, 0.3) is 0 Å². The molecule has 0 aromatic heterocycles. The monoisotopic (exact) mass is 287 g/mol. The second-order valence-corrected chi connectivity index (χ2v) is 5.91. The molecule has 0 amide bonds. The van der Waals surface area contributed by atoms with Crippen molar-refractivity contribution in [2.24, 2.45) is 0 Å². The van der Waals surface area contributed by atoms with Crippen LogP contribution in [0.3, 0.4) is 0 Å². The van der Waals surface area contributed by atoms with E-state index >= 15 is 0 Å². The van der Waals surface area contributed by atoms with Gasteiger partial charge in [0.15, 0.2) is 0 Å². The molecule has 2 atom stereocenters. The van der Waals surface area contributed by atoms with Gasteiger partial charge >= 0.3 is 0 Å². The summed E-state index contributed by atoms with van der Waals surface area (Å²) in [6, 6.07) is 17.4. The molecule has 0 bridgehead atoms. The SMILES string of the molecule is Cc1cccc(C(C)NC(C)Cc2ccccc2Cl)c1. The van der Waals surface area contributed by atoms with Crippen LogP contribution < -0.4 is 5.32 Å². The number of aryl methyl sites for hydroxylation is 1. The Morgan fingerprint density at radius 3 is 2.50 bits per heavy atom. The molecule has 0 saturated carbocycles. The lowest BCUT2D eigenvalue weighted by atomic mass is 10.0. The molecule has 1 nitrogen and oxygen atoms in total. The molecule has 0 aliphatic rings. The molecule has 0 aliphatic heterocycles. The summed E-state index contributed by atoms with van der Waals surface area (Å²) < 4.78 is 0. The van der Waals surface area contributed by atoms with Crippen molar-refractivity contribution in [3.8, 4) is 0 Å². The summed E-state index contributed by atoms with van der Waals surface area (Å²) >= 11 is 6.21. The summed E-state index contributed by atoms with van der Waals surface area (Å²) in [5.74, 6) is 0. The number of hydrogen-bond donors (Lipinski definition) is 1. The van der Waals surface area contributed by atoms with Crippen LogP contribution in [-0.2, 0) is 6.42 Å². The van der Waals surface area contributed by atoms with Gasteiger partial charge in [-0.15, -0.1) is 0 Å².